The van der Waals surface area contributed by atoms with Gasteiger partial charge in [0, 0.05) is 13.0 Å². The highest BCUT2D eigenvalue weighted by Crippen LogP contribution is 2.37. The number of aliphatic hydroxyl groups is 1. The average Bonchev–Trinajstić information content (AvgIpc) is 3.42. The Bertz CT molecular complexity index is 1040. The predicted octanol–water partition coefficient (Wildman–Crippen LogP) is 2.60. The molecular formula is C27H27N3O4. The molecule has 0 saturated carbocycles. The van der Waals surface area contributed by atoms with Gasteiger partial charge in [0.05, 0.1) is 17.7 Å². The molecule has 2 fully saturated rings. The van der Waals surface area contributed by atoms with Crippen LogP contribution in [-0.4, -0.2) is 53.5 Å². The third-order valence-corrected chi connectivity index (χ3v) is 6.56. The number of hydrogen-bond donors (Lipinski definition) is 3. The molecule has 2 aliphatic heterocycles. The molecule has 7 nitrogen and oxygen atoms in total. The first kappa shape index (κ1) is 22.3. The van der Waals surface area contributed by atoms with E-state index in [1.54, 1.807) is 0 Å². The molecule has 7 heteroatoms. The Morgan fingerprint density at radius 1 is 0.882 bits per heavy atom. The van der Waals surface area contributed by atoms with E-state index < -0.39 is 30.0 Å². The van der Waals surface area contributed by atoms with Gasteiger partial charge in [-0.1, -0.05) is 91.0 Å². The van der Waals surface area contributed by atoms with Crippen LogP contribution in [0.3, 0.4) is 0 Å². The highest BCUT2D eigenvalue weighted by Gasteiger charge is 2.44. The van der Waals surface area contributed by atoms with Crippen LogP contribution in [0.15, 0.2) is 91.0 Å². The number of benzene rings is 3. The molecule has 0 bridgehead atoms. The molecule has 3 aromatic carbocycles. The lowest BCUT2D eigenvalue weighted by molar-refractivity contribution is -0.119. The maximum atomic E-state index is 12.1. The summed E-state index contributed by atoms with van der Waals surface area (Å²) in [6.07, 6.45) is -1.72. The van der Waals surface area contributed by atoms with Crippen LogP contribution in [-0.2, 0) is 15.1 Å². The lowest BCUT2D eigenvalue weighted by Gasteiger charge is -2.38. The fourth-order valence-corrected chi connectivity index (χ4v) is 4.91. The van der Waals surface area contributed by atoms with Gasteiger partial charge in [-0.15, -0.1) is 0 Å². The minimum atomic E-state index is -0.777. The van der Waals surface area contributed by atoms with E-state index in [0.717, 1.165) is 16.7 Å². The number of urea groups is 1. The van der Waals surface area contributed by atoms with Crippen LogP contribution < -0.4 is 10.6 Å². The lowest BCUT2D eigenvalue weighted by atomic mass is 9.77. The third-order valence-electron chi connectivity index (χ3n) is 6.56. The summed E-state index contributed by atoms with van der Waals surface area (Å²) >= 11 is 0. The number of carbonyl (C=O) groups is 2. The Morgan fingerprint density at radius 3 is 1.82 bits per heavy atom. The number of rotatable bonds is 7. The molecule has 3 amide bonds. The molecule has 0 unspecified atom stereocenters. The summed E-state index contributed by atoms with van der Waals surface area (Å²) in [5.74, 6) is -0.360. The van der Waals surface area contributed by atoms with Crippen molar-refractivity contribution >= 4 is 11.9 Å². The van der Waals surface area contributed by atoms with Gasteiger partial charge in [-0.3, -0.25) is 20.3 Å². The van der Waals surface area contributed by atoms with Gasteiger partial charge in [0.1, 0.15) is 12.8 Å². The number of imide groups is 1. The van der Waals surface area contributed by atoms with Crippen molar-refractivity contribution in [3.8, 4) is 0 Å². The van der Waals surface area contributed by atoms with Crippen LogP contribution in [0.2, 0.25) is 0 Å². The topological polar surface area (TPSA) is 90.9 Å². The Kier molecular flexibility index (Phi) is 6.15. The Balaban J connectivity index is 1.47. The van der Waals surface area contributed by atoms with E-state index >= 15 is 0 Å². The van der Waals surface area contributed by atoms with Crippen molar-refractivity contribution in [3.63, 3.8) is 0 Å². The number of nitrogens with zero attached hydrogens (tertiary/aromatic N) is 1. The zero-order chi connectivity index (χ0) is 23.5. The van der Waals surface area contributed by atoms with Crippen LogP contribution in [0, 0.1) is 0 Å². The highest BCUT2D eigenvalue weighted by molar-refractivity contribution is 6.02. The van der Waals surface area contributed by atoms with Crippen molar-refractivity contribution in [1.29, 1.82) is 0 Å². The number of nitrogens with one attached hydrogen (secondary N) is 2. The van der Waals surface area contributed by atoms with Crippen LogP contribution in [0.5, 0.6) is 0 Å². The molecule has 2 aliphatic rings. The molecule has 3 N–H and O–H groups in total. The van der Waals surface area contributed by atoms with Gasteiger partial charge >= 0.3 is 6.03 Å². The van der Waals surface area contributed by atoms with Crippen molar-refractivity contribution in [2.75, 3.05) is 13.1 Å². The second-order valence-electron chi connectivity index (χ2n) is 8.64. The van der Waals surface area contributed by atoms with Gasteiger partial charge in [0.15, 0.2) is 0 Å². The zero-order valence-electron chi connectivity index (χ0n) is 18.6. The van der Waals surface area contributed by atoms with E-state index in [2.05, 4.69) is 47.0 Å². The lowest BCUT2D eigenvalue weighted by Crippen LogP contribution is -2.49. The largest absolute Gasteiger partial charge is 0.390 e. The Labute approximate surface area is 198 Å². The number of aliphatic hydroxyl groups excluding tert-OH is 1. The molecule has 174 valence electrons. The second-order valence-corrected chi connectivity index (χ2v) is 8.64. The van der Waals surface area contributed by atoms with Gasteiger partial charge in [-0.2, -0.15) is 0 Å². The molecule has 0 radical (unpaired) electrons. The molecule has 34 heavy (non-hydrogen) atoms. The first-order chi connectivity index (χ1) is 16.6. The number of amides is 3. The average molecular weight is 458 g/mol. The molecule has 0 aromatic heterocycles. The quantitative estimate of drug-likeness (QED) is 0.375. The second kappa shape index (κ2) is 9.38. The molecule has 3 atom stereocenters. The minimum Gasteiger partial charge on any atom is -0.390 e. The van der Waals surface area contributed by atoms with Crippen LogP contribution in [0.25, 0.3) is 0 Å². The Hall–Kier alpha value is -3.52. The molecule has 0 aliphatic carbocycles. The normalized spacial score (nSPS) is 22.7. The number of carbonyl (C=O) groups excluding carboxylic acids is 2. The standard InChI is InChI=1S/C27H27N3O4/c31-22-16-25(30-18-24(32)29-26(30)33)34-23(22)17-28-27(19-10-4-1-5-11-19,20-12-6-2-7-13-20)21-14-8-3-9-15-21/h1-15,22-23,25,28,31H,16-18H2,(H,29,32,33)/t22-,23+,25+/m1/s1. The first-order valence-corrected chi connectivity index (χ1v) is 11.4. The maximum Gasteiger partial charge on any atom is 0.326 e. The van der Waals surface area contributed by atoms with E-state index in [9.17, 15) is 14.7 Å². The summed E-state index contributed by atoms with van der Waals surface area (Å²) < 4.78 is 6.08. The summed E-state index contributed by atoms with van der Waals surface area (Å²) in [5, 5.41) is 16.8. The summed E-state index contributed by atoms with van der Waals surface area (Å²) in [6.45, 7) is 0.276. The van der Waals surface area contributed by atoms with Gasteiger partial charge < -0.3 is 9.84 Å². The van der Waals surface area contributed by atoms with Crippen LogP contribution in [0.1, 0.15) is 23.1 Å². The van der Waals surface area contributed by atoms with E-state index in [1.165, 1.54) is 4.90 Å². The summed E-state index contributed by atoms with van der Waals surface area (Å²) in [7, 11) is 0. The first-order valence-electron chi connectivity index (χ1n) is 11.4. The zero-order valence-corrected chi connectivity index (χ0v) is 18.6. The molecule has 0 spiro atoms. The summed E-state index contributed by atoms with van der Waals surface area (Å²) in [6, 6.07) is 30.1. The molecule has 2 heterocycles. The summed E-state index contributed by atoms with van der Waals surface area (Å²) in [5.41, 5.74) is 2.48. The third kappa shape index (κ3) is 4.09. The van der Waals surface area contributed by atoms with Crippen molar-refractivity contribution in [2.45, 2.75) is 30.4 Å². The Morgan fingerprint density at radius 2 is 1.38 bits per heavy atom. The van der Waals surface area contributed by atoms with Gasteiger partial charge in [-0.25, -0.2) is 4.79 Å². The van der Waals surface area contributed by atoms with E-state index in [4.69, 9.17) is 4.74 Å². The van der Waals surface area contributed by atoms with Crippen molar-refractivity contribution < 1.29 is 19.4 Å². The van der Waals surface area contributed by atoms with Crippen molar-refractivity contribution in [3.05, 3.63) is 108 Å². The predicted molar refractivity (Wildman–Crippen MR) is 127 cm³/mol. The van der Waals surface area contributed by atoms with E-state index in [-0.39, 0.29) is 18.9 Å². The SMILES string of the molecule is O=C1CN([C@@H]2C[C@@H](O)[C@H](CNC(c3ccccc3)(c3ccccc3)c3ccccc3)O2)C(=O)N1. The monoisotopic (exact) mass is 457 g/mol. The minimum absolute atomic E-state index is 0.0572. The molecule has 3 aromatic rings. The van der Waals surface area contributed by atoms with Crippen molar-refractivity contribution in [1.82, 2.24) is 15.5 Å². The fraction of sp³-hybridized carbons (Fsp3) is 0.259. The van der Waals surface area contributed by atoms with E-state index in [1.807, 2.05) is 54.6 Å². The highest BCUT2D eigenvalue weighted by atomic mass is 16.5. The number of ether oxygens (including phenoxy) is 1. The van der Waals surface area contributed by atoms with Gasteiger partial charge in [0.25, 0.3) is 0 Å². The molecule has 5 rings (SSSR count). The van der Waals surface area contributed by atoms with Gasteiger partial charge in [0.2, 0.25) is 5.91 Å². The van der Waals surface area contributed by atoms with Gasteiger partial charge in [-0.05, 0) is 16.7 Å². The van der Waals surface area contributed by atoms with Crippen LogP contribution in [0.4, 0.5) is 4.79 Å². The number of hydrogen-bond acceptors (Lipinski definition) is 5. The summed E-state index contributed by atoms with van der Waals surface area (Å²) in [4.78, 5) is 25.0. The maximum absolute atomic E-state index is 12.1. The van der Waals surface area contributed by atoms with E-state index in [0.29, 0.717) is 6.54 Å². The fourth-order valence-electron chi connectivity index (χ4n) is 4.91. The van der Waals surface area contributed by atoms with Crippen molar-refractivity contribution in [2.24, 2.45) is 0 Å². The molecule has 2 saturated heterocycles. The molecular weight excluding hydrogens is 430 g/mol. The smallest absolute Gasteiger partial charge is 0.326 e. The van der Waals surface area contributed by atoms with Crippen LogP contribution >= 0.6 is 0 Å².